The van der Waals surface area contributed by atoms with Crippen LogP contribution in [0, 0.1) is 0 Å². The molecule has 6 rings (SSSR count). The first-order chi connectivity index (χ1) is 20.4. The van der Waals surface area contributed by atoms with Crippen molar-refractivity contribution in [2.24, 2.45) is 0 Å². The number of carbonyl (C=O) groups excluding carboxylic acids is 1. The second-order valence-electron chi connectivity index (χ2n) is 11.8. The number of likely N-dealkylation sites (tertiary alicyclic amines) is 1. The summed E-state index contributed by atoms with van der Waals surface area (Å²) in [6.07, 6.45) is 5.35. The molecular formula is C32H41N7O2S. The van der Waals surface area contributed by atoms with Crippen LogP contribution in [0.1, 0.15) is 51.0 Å². The number of carbonyl (C=O) groups is 1. The number of aromatic nitrogens is 3. The number of anilines is 2. The predicted molar refractivity (Wildman–Crippen MR) is 170 cm³/mol. The fourth-order valence-corrected chi connectivity index (χ4v) is 7.23. The highest BCUT2D eigenvalue weighted by Gasteiger charge is 2.29. The van der Waals surface area contributed by atoms with E-state index >= 15 is 0 Å². The molecule has 0 saturated carbocycles. The highest BCUT2D eigenvalue weighted by atomic mass is 32.1. The number of hydrogen-bond donors (Lipinski definition) is 2. The molecule has 42 heavy (non-hydrogen) atoms. The van der Waals surface area contributed by atoms with Gasteiger partial charge in [0.2, 0.25) is 5.95 Å². The van der Waals surface area contributed by atoms with Crippen molar-refractivity contribution in [1.29, 1.82) is 0 Å². The van der Waals surface area contributed by atoms with Gasteiger partial charge >= 0.3 is 6.03 Å². The van der Waals surface area contributed by atoms with Gasteiger partial charge in [0, 0.05) is 53.9 Å². The number of rotatable bonds is 9. The van der Waals surface area contributed by atoms with Gasteiger partial charge in [-0.3, -0.25) is 4.90 Å². The van der Waals surface area contributed by atoms with Crippen molar-refractivity contribution < 1.29 is 9.53 Å². The number of amides is 2. The third kappa shape index (κ3) is 6.10. The summed E-state index contributed by atoms with van der Waals surface area (Å²) in [4.78, 5) is 35.2. The monoisotopic (exact) mass is 587 g/mol. The third-order valence-corrected chi connectivity index (χ3v) is 9.35. The van der Waals surface area contributed by atoms with E-state index < -0.39 is 0 Å². The minimum absolute atomic E-state index is 0.114. The van der Waals surface area contributed by atoms with Crippen LogP contribution in [0.4, 0.5) is 16.4 Å². The molecule has 0 aliphatic carbocycles. The molecule has 222 valence electrons. The molecule has 5 heterocycles. The molecule has 2 aliphatic rings. The van der Waals surface area contributed by atoms with E-state index in [1.807, 2.05) is 46.3 Å². The molecule has 0 radical (unpaired) electrons. The molecule has 1 saturated heterocycles. The van der Waals surface area contributed by atoms with Crippen LogP contribution in [-0.2, 0) is 13.0 Å². The van der Waals surface area contributed by atoms with Crippen LogP contribution in [-0.4, -0.2) is 80.6 Å². The normalized spacial score (nSPS) is 15.5. The van der Waals surface area contributed by atoms with Gasteiger partial charge < -0.3 is 24.8 Å². The lowest BCUT2D eigenvalue weighted by atomic mass is 10.1. The highest BCUT2D eigenvalue weighted by molar-refractivity contribution is 7.15. The number of urea groups is 1. The SMILES string of the molecule is CC(C)N(C(=O)N1CCc2sc(-c3nc(Nc4ccc(OCCN5CCCC5)cc4)nc4[nH]ccc34)cc2C1)C(C)C. The van der Waals surface area contributed by atoms with Gasteiger partial charge in [-0.05, 0) is 102 Å². The van der Waals surface area contributed by atoms with Gasteiger partial charge in [0.15, 0.2) is 0 Å². The molecular weight excluding hydrogens is 546 g/mol. The van der Waals surface area contributed by atoms with Crippen molar-refractivity contribution in [2.45, 2.75) is 65.6 Å². The molecule has 4 aromatic rings. The highest BCUT2D eigenvalue weighted by Crippen LogP contribution is 2.37. The number of fused-ring (bicyclic) bond motifs is 2. The van der Waals surface area contributed by atoms with Crippen molar-refractivity contribution in [1.82, 2.24) is 29.7 Å². The Morgan fingerprint density at radius 2 is 1.83 bits per heavy atom. The average Bonchev–Trinajstić information content (AvgIpc) is 3.74. The van der Waals surface area contributed by atoms with E-state index in [1.54, 1.807) is 11.3 Å². The number of aromatic amines is 1. The van der Waals surface area contributed by atoms with Crippen LogP contribution in [0.15, 0.2) is 42.6 Å². The van der Waals surface area contributed by atoms with Crippen LogP contribution in [0.25, 0.3) is 21.6 Å². The van der Waals surface area contributed by atoms with Gasteiger partial charge in [-0.2, -0.15) is 4.98 Å². The number of nitrogens with one attached hydrogen (secondary N) is 2. The Kier molecular flexibility index (Phi) is 8.35. The van der Waals surface area contributed by atoms with E-state index in [2.05, 4.69) is 49.0 Å². The van der Waals surface area contributed by atoms with Crippen molar-refractivity contribution in [3.63, 3.8) is 0 Å². The summed E-state index contributed by atoms with van der Waals surface area (Å²) < 4.78 is 5.96. The number of thiophene rings is 1. The first kappa shape index (κ1) is 28.5. The van der Waals surface area contributed by atoms with Crippen molar-refractivity contribution in [2.75, 3.05) is 38.1 Å². The molecule has 0 spiro atoms. The molecule has 2 N–H and O–H groups in total. The lowest BCUT2D eigenvalue weighted by Crippen LogP contribution is -2.50. The summed E-state index contributed by atoms with van der Waals surface area (Å²) in [6.45, 7) is 13.7. The number of H-pyrrole nitrogens is 1. The molecule has 1 fully saturated rings. The first-order valence-electron chi connectivity index (χ1n) is 15.1. The van der Waals surface area contributed by atoms with Gasteiger partial charge in [-0.25, -0.2) is 9.78 Å². The third-order valence-electron chi connectivity index (χ3n) is 8.11. The Bertz CT molecular complexity index is 1510. The summed E-state index contributed by atoms with van der Waals surface area (Å²) in [6, 6.07) is 12.6. The maximum absolute atomic E-state index is 13.4. The quantitative estimate of drug-likeness (QED) is 0.232. The van der Waals surface area contributed by atoms with Crippen LogP contribution in [0.2, 0.25) is 0 Å². The molecule has 10 heteroatoms. The van der Waals surface area contributed by atoms with Gasteiger partial charge in [0.25, 0.3) is 0 Å². The Labute approximate surface area is 251 Å². The lowest BCUT2D eigenvalue weighted by molar-refractivity contribution is 0.120. The number of nitrogens with zero attached hydrogens (tertiary/aromatic N) is 5. The van der Waals surface area contributed by atoms with Crippen LogP contribution >= 0.6 is 11.3 Å². The van der Waals surface area contributed by atoms with Crippen LogP contribution in [0.5, 0.6) is 5.75 Å². The van der Waals surface area contributed by atoms with Crippen molar-refractivity contribution in [3.05, 3.63) is 53.0 Å². The molecule has 0 bridgehead atoms. The van der Waals surface area contributed by atoms with Crippen molar-refractivity contribution in [3.8, 4) is 16.3 Å². The predicted octanol–water partition coefficient (Wildman–Crippen LogP) is 6.50. The lowest BCUT2D eigenvalue weighted by Gasteiger charge is -2.37. The first-order valence-corrected chi connectivity index (χ1v) is 15.9. The van der Waals surface area contributed by atoms with E-state index in [9.17, 15) is 4.79 Å². The molecule has 3 aromatic heterocycles. The number of hydrogen-bond acceptors (Lipinski definition) is 7. The molecule has 2 aliphatic heterocycles. The van der Waals surface area contributed by atoms with Gasteiger partial charge in [0.1, 0.15) is 18.0 Å². The molecule has 9 nitrogen and oxygen atoms in total. The maximum atomic E-state index is 13.4. The van der Waals surface area contributed by atoms with Gasteiger partial charge in [-0.15, -0.1) is 11.3 Å². The van der Waals surface area contributed by atoms with Crippen molar-refractivity contribution >= 4 is 40.0 Å². The minimum Gasteiger partial charge on any atom is -0.492 e. The topological polar surface area (TPSA) is 89.6 Å². The van der Waals surface area contributed by atoms with Crippen LogP contribution in [0.3, 0.4) is 0 Å². The summed E-state index contributed by atoms with van der Waals surface area (Å²) in [7, 11) is 0. The second-order valence-corrected chi connectivity index (χ2v) is 12.9. The Hall–Kier alpha value is -3.63. The van der Waals surface area contributed by atoms with Gasteiger partial charge in [0.05, 0.1) is 10.6 Å². The largest absolute Gasteiger partial charge is 0.492 e. The van der Waals surface area contributed by atoms with E-state index in [4.69, 9.17) is 14.7 Å². The number of ether oxygens (including phenoxy) is 1. The standard InChI is InChI=1S/C32H41N7O2S/c1-21(2)39(22(3)4)32(40)38-16-12-27-23(20-38)19-28(42-27)29-26-11-13-33-30(26)36-31(35-29)34-24-7-9-25(10-8-24)41-18-17-37-14-5-6-15-37/h7-11,13,19,21-22H,5-6,12,14-18,20H2,1-4H3,(H2,33,34,35,36). The Morgan fingerprint density at radius 3 is 2.57 bits per heavy atom. The molecule has 2 amide bonds. The molecule has 0 unspecified atom stereocenters. The summed E-state index contributed by atoms with van der Waals surface area (Å²) in [5.74, 6) is 1.40. The maximum Gasteiger partial charge on any atom is 0.320 e. The average molecular weight is 588 g/mol. The summed E-state index contributed by atoms with van der Waals surface area (Å²) >= 11 is 1.77. The minimum atomic E-state index is 0.114. The zero-order valence-corrected chi connectivity index (χ0v) is 25.8. The fourth-order valence-electron chi connectivity index (χ4n) is 6.06. The van der Waals surface area contributed by atoms with E-state index in [0.717, 1.165) is 52.6 Å². The van der Waals surface area contributed by atoms with E-state index in [0.29, 0.717) is 19.1 Å². The Balaban J connectivity index is 1.17. The zero-order chi connectivity index (χ0) is 29.2. The zero-order valence-electron chi connectivity index (χ0n) is 25.0. The smallest absolute Gasteiger partial charge is 0.320 e. The summed E-state index contributed by atoms with van der Waals surface area (Å²) in [5.41, 5.74) is 3.79. The Morgan fingerprint density at radius 1 is 1.07 bits per heavy atom. The molecule has 0 atom stereocenters. The van der Waals surface area contributed by atoms with Gasteiger partial charge in [-0.1, -0.05) is 0 Å². The fraction of sp³-hybridized carbons (Fsp3) is 0.469. The van der Waals surface area contributed by atoms with E-state index in [-0.39, 0.29) is 18.1 Å². The van der Waals surface area contributed by atoms with E-state index in [1.165, 1.54) is 36.4 Å². The van der Waals surface area contributed by atoms with Crippen LogP contribution < -0.4 is 10.1 Å². The molecule has 1 aromatic carbocycles. The summed E-state index contributed by atoms with van der Waals surface area (Å²) in [5, 5.41) is 4.37. The second kappa shape index (κ2) is 12.3. The number of benzene rings is 1.